The van der Waals surface area contributed by atoms with Crippen LogP contribution >= 0.6 is 0 Å². The summed E-state index contributed by atoms with van der Waals surface area (Å²) in [5.74, 6) is 1.72. The third kappa shape index (κ3) is 2.20. The van der Waals surface area contributed by atoms with Gasteiger partial charge in [0.2, 0.25) is 5.89 Å². The predicted octanol–water partition coefficient (Wildman–Crippen LogP) is 3.36. The molecule has 1 aromatic rings. The third-order valence-electron chi connectivity index (χ3n) is 2.08. The van der Waals surface area contributed by atoms with Crippen LogP contribution in [0.2, 0.25) is 0 Å². The molecule has 1 rings (SSSR count). The smallest absolute Gasteiger partial charge is 0.221 e. The van der Waals surface area contributed by atoms with Crippen molar-refractivity contribution in [3.8, 4) is 0 Å². The highest BCUT2D eigenvalue weighted by molar-refractivity contribution is 5.56. The van der Waals surface area contributed by atoms with Gasteiger partial charge < -0.3 is 4.42 Å². The van der Waals surface area contributed by atoms with Gasteiger partial charge in [0.15, 0.2) is 0 Å². The summed E-state index contributed by atoms with van der Waals surface area (Å²) in [4.78, 5) is 4.41. The Morgan fingerprint density at radius 3 is 2.62 bits per heavy atom. The number of hydrogen-bond acceptors (Lipinski definition) is 2. The van der Waals surface area contributed by atoms with Crippen molar-refractivity contribution >= 4 is 5.57 Å². The van der Waals surface area contributed by atoms with Gasteiger partial charge in [0.25, 0.3) is 0 Å². The lowest BCUT2D eigenvalue weighted by Gasteiger charge is -1.91. The summed E-state index contributed by atoms with van der Waals surface area (Å²) in [6.45, 7) is 8.20. The average Bonchev–Trinajstić information content (AvgIpc) is 2.47. The lowest BCUT2D eigenvalue weighted by atomic mass is 10.2. The van der Waals surface area contributed by atoms with Crippen LogP contribution in [0.4, 0.5) is 0 Å². The molecular weight excluding hydrogens is 162 g/mol. The summed E-state index contributed by atoms with van der Waals surface area (Å²) in [7, 11) is 0. The van der Waals surface area contributed by atoms with Crippen molar-refractivity contribution in [3.63, 3.8) is 0 Å². The van der Waals surface area contributed by atoms with Crippen molar-refractivity contribution < 1.29 is 4.42 Å². The first-order valence-electron chi connectivity index (χ1n) is 4.82. The summed E-state index contributed by atoms with van der Waals surface area (Å²) in [5, 5.41) is 0. The Bertz CT molecular complexity index is 310. The molecular formula is C11H17NO. The Kier molecular flexibility index (Phi) is 3.29. The van der Waals surface area contributed by atoms with Gasteiger partial charge in [-0.2, -0.15) is 0 Å². The summed E-state index contributed by atoms with van der Waals surface area (Å²) in [6, 6.07) is 0. The van der Waals surface area contributed by atoms with Gasteiger partial charge in [0.05, 0.1) is 5.69 Å². The Labute approximate surface area is 79.7 Å². The number of rotatable bonds is 3. The molecule has 13 heavy (non-hydrogen) atoms. The van der Waals surface area contributed by atoms with Gasteiger partial charge in [-0.25, -0.2) is 4.98 Å². The molecule has 0 amide bonds. The molecule has 1 aromatic heterocycles. The minimum absolute atomic E-state index is 0.774. The van der Waals surface area contributed by atoms with Gasteiger partial charge >= 0.3 is 0 Å². The number of allylic oxidation sites excluding steroid dienone is 2. The van der Waals surface area contributed by atoms with Crippen LogP contribution in [0.5, 0.6) is 0 Å². The standard InChI is InChI=1S/C11H17NO/c1-5-7-8(3)11-12-10(6-2)9(4)13-11/h7H,5-6H2,1-4H3/b8-7-. The highest BCUT2D eigenvalue weighted by Crippen LogP contribution is 2.17. The highest BCUT2D eigenvalue weighted by atomic mass is 16.4. The van der Waals surface area contributed by atoms with E-state index in [4.69, 9.17) is 4.42 Å². The van der Waals surface area contributed by atoms with Crippen LogP contribution in [0.3, 0.4) is 0 Å². The van der Waals surface area contributed by atoms with Crippen molar-refractivity contribution in [2.24, 2.45) is 0 Å². The van der Waals surface area contributed by atoms with Gasteiger partial charge in [-0.15, -0.1) is 0 Å². The Balaban J connectivity index is 2.96. The van der Waals surface area contributed by atoms with Crippen LogP contribution in [0.15, 0.2) is 10.5 Å². The maximum atomic E-state index is 5.54. The molecule has 2 heteroatoms. The second-order valence-electron chi connectivity index (χ2n) is 3.17. The first-order valence-corrected chi connectivity index (χ1v) is 4.82. The van der Waals surface area contributed by atoms with E-state index < -0.39 is 0 Å². The van der Waals surface area contributed by atoms with Crippen LogP contribution in [0, 0.1) is 6.92 Å². The molecule has 0 aliphatic rings. The van der Waals surface area contributed by atoms with Crippen molar-refractivity contribution in [2.75, 3.05) is 0 Å². The van der Waals surface area contributed by atoms with E-state index in [2.05, 4.69) is 24.9 Å². The Morgan fingerprint density at radius 1 is 1.46 bits per heavy atom. The van der Waals surface area contributed by atoms with Crippen molar-refractivity contribution in [2.45, 2.75) is 40.5 Å². The van der Waals surface area contributed by atoms with E-state index in [1.165, 1.54) is 0 Å². The normalized spacial score (nSPS) is 12.2. The minimum atomic E-state index is 0.774. The van der Waals surface area contributed by atoms with Crippen LogP contribution in [0.25, 0.3) is 5.57 Å². The lowest BCUT2D eigenvalue weighted by Crippen LogP contribution is -1.83. The molecule has 0 aliphatic heterocycles. The molecule has 0 radical (unpaired) electrons. The fourth-order valence-corrected chi connectivity index (χ4v) is 1.32. The monoisotopic (exact) mass is 179 g/mol. The van der Waals surface area contributed by atoms with E-state index in [1.807, 2.05) is 13.8 Å². The highest BCUT2D eigenvalue weighted by Gasteiger charge is 2.08. The summed E-state index contributed by atoms with van der Waals surface area (Å²) >= 11 is 0. The van der Waals surface area contributed by atoms with E-state index >= 15 is 0 Å². The second-order valence-corrected chi connectivity index (χ2v) is 3.17. The topological polar surface area (TPSA) is 26.0 Å². The van der Waals surface area contributed by atoms with Crippen molar-refractivity contribution in [3.05, 3.63) is 23.4 Å². The van der Waals surface area contributed by atoms with Crippen LogP contribution in [-0.2, 0) is 6.42 Å². The molecule has 2 nitrogen and oxygen atoms in total. The van der Waals surface area contributed by atoms with Crippen molar-refractivity contribution in [1.82, 2.24) is 4.98 Å². The Morgan fingerprint density at radius 2 is 2.15 bits per heavy atom. The molecule has 0 saturated carbocycles. The van der Waals surface area contributed by atoms with E-state index in [-0.39, 0.29) is 0 Å². The van der Waals surface area contributed by atoms with Gasteiger partial charge in [-0.05, 0) is 26.7 Å². The molecule has 0 N–H and O–H groups in total. The maximum Gasteiger partial charge on any atom is 0.221 e. The quantitative estimate of drug-likeness (QED) is 0.711. The maximum absolute atomic E-state index is 5.54. The molecule has 0 spiro atoms. The number of hydrogen-bond donors (Lipinski definition) is 0. The van der Waals surface area contributed by atoms with Crippen LogP contribution in [-0.4, -0.2) is 4.98 Å². The number of nitrogens with zero attached hydrogens (tertiary/aromatic N) is 1. The first-order chi connectivity index (χ1) is 6.19. The van der Waals surface area contributed by atoms with Gasteiger partial charge in [0.1, 0.15) is 5.76 Å². The molecule has 0 saturated heterocycles. The van der Waals surface area contributed by atoms with Gasteiger partial charge in [-0.3, -0.25) is 0 Å². The van der Waals surface area contributed by atoms with Crippen LogP contribution in [0.1, 0.15) is 44.5 Å². The summed E-state index contributed by atoms with van der Waals surface area (Å²) in [6.07, 6.45) is 4.09. The average molecular weight is 179 g/mol. The first kappa shape index (κ1) is 10.0. The molecule has 0 atom stereocenters. The molecule has 0 bridgehead atoms. The number of aromatic nitrogens is 1. The molecule has 0 fully saturated rings. The van der Waals surface area contributed by atoms with Crippen molar-refractivity contribution in [1.29, 1.82) is 0 Å². The zero-order chi connectivity index (χ0) is 9.84. The van der Waals surface area contributed by atoms with Gasteiger partial charge in [-0.1, -0.05) is 19.9 Å². The Hall–Kier alpha value is -1.05. The molecule has 1 heterocycles. The summed E-state index contributed by atoms with van der Waals surface area (Å²) < 4.78 is 5.54. The van der Waals surface area contributed by atoms with E-state index in [9.17, 15) is 0 Å². The predicted molar refractivity (Wildman–Crippen MR) is 54.6 cm³/mol. The fraction of sp³-hybridized carbons (Fsp3) is 0.545. The van der Waals surface area contributed by atoms with Crippen LogP contribution < -0.4 is 0 Å². The van der Waals surface area contributed by atoms with E-state index in [1.54, 1.807) is 0 Å². The molecule has 0 aromatic carbocycles. The summed E-state index contributed by atoms with van der Waals surface area (Å²) in [5.41, 5.74) is 2.20. The lowest BCUT2D eigenvalue weighted by molar-refractivity contribution is 0.510. The number of oxazole rings is 1. The third-order valence-corrected chi connectivity index (χ3v) is 2.08. The zero-order valence-corrected chi connectivity index (χ0v) is 8.85. The molecule has 0 aliphatic carbocycles. The SMILES string of the molecule is CC/C=C(/C)c1nc(CC)c(C)o1. The fourth-order valence-electron chi connectivity index (χ4n) is 1.32. The van der Waals surface area contributed by atoms with Gasteiger partial charge in [0, 0.05) is 5.57 Å². The largest absolute Gasteiger partial charge is 0.442 e. The molecule has 0 unspecified atom stereocenters. The minimum Gasteiger partial charge on any atom is -0.442 e. The van der Waals surface area contributed by atoms with E-state index in [0.29, 0.717) is 0 Å². The van der Waals surface area contributed by atoms with E-state index in [0.717, 1.165) is 35.8 Å². The zero-order valence-electron chi connectivity index (χ0n) is 8.85. The second kappa shape index (κ2) is 4.26. The number of aryl methyl sites for hydroxylation is 2. The molecule has 72 valence electrons.